The van der Waals surface area contributed by atoms with Gasteiger partial charge in [0.15, 0.2) is 6.04 Å². The van der Waals surface area contributed by atoms with Crippen LogP contribution in [0.4, 0.5) is 4.79 Å². The molecule has 152 valence electrons. The van der Waals surface area contributed by atoms with Crippen LogP contribution in [0.3, 0.4) is 0 Å². The van der Waals surface area contributed by atoms with Crippen LogP contribution in [0.15, 0.2) is 24.3 Å². The third-order valence-electron chi connectivity index (χ3n) is 2.96. The van der Waals surface area contributed by atoms with Crippen LogP contribution in [0, 0.1) is 0 Å². The van der Waals surface area contributed by atoms with E-state index < -0.39 is 33.8 Å². The van der Waals surface area contributed by atoms with Crippen molar-refractivity contribution in [1.82, 2.24) is 5.32 Å². The van der Waals surface area contributed by atoms with Crippen LogP contribution in [-0.2, 0) is 28.6 Å². The molecule has 0 radical (unpaired) electrons. The molecule has 0 aliphatic carbocycles. The van der Waals surface area contributed by atoms with Gasteiger partial charge in [0, 0.05) is 0 Å². The van der Waals surface area contributed by atoms with Gasteiger partial charge in [0.25, 0.3) is 10.1 Å². The summed E-state index contributed by atoms with van der Waals surface area (Å²) >= 11 is 0. The summed E-state index contributed by atoms with van der Waals surface area (Å²) in [5.74, 6) is -0.215. The van der Waals surface area contributed by atoms with Crippen LogP contribution in [0.1, 0.15) is 32.4 Å². The molecule has 0 fully saturated rings. The minimum absolute atomic E-state index is 0.0308. The Balaban J connectivity index is 2.74. The molecule has 1 amide bonds. The number of nitrogens with one attached hydrogen (secondary N) is 1. The van der Waals surface area contributed by atoms with Crippen LogP contribution in [-0.4, -0.2) is 52.7 Å². The average Bonchev–Trinajstić information content (AvgIpc) is 2.54. The first-order chi connectivity index (χ1) is 12.4. The number of alkyl carbamates (subject to hydrolysis) is 1. The molecule has 1 aromatic rings. The highest BCUT2D eigenvalue weighted by Crippen LogP contribution is 2.20. The summed E-state index contributed by atoms with van der Waals surface area (Å²) in [6, 6.07) is 5.25. The average molecular weight is 403 g/mol. The van der Waals surface area contributed by atoms with Crippen molar-refractivity contribution < 1.29 is 36.4 Å². The number of carbonyl (C=O) groups excluding carboxylic acids is 2. The summed E-state index contributed by atoms with van der Waals surface area (Å²) in [7, 11) is -2.30. The lowest BCUT2D eigenvalue weighted by atomic mass is 10.1. The van der Waals surface area contributed by atoms with Gasteiger partial charge < -0.3 is 19.5 Å². The molecule has 0 heterocycles. The lowest BCUT2D eigenvalue weighted by Gasteiger charge is -2.22. The molecule has 1 rings (SSSR count). The third kappa shape index (κ3) is 9.25. The Bertz CT molecular complexity index is 737. The summed E-state index contributed by atoms with van der Waals surface area (Å²) in [6.07, 6.45) is 0.197. The Morgan fingerprint density at radius 2 is 1.70 bits per heavy atom. The Morgan fingerprint density at radius 3 is 2.19 bits per heavy atom. The Morgan fingerprint density at radius 1 is 1.11 bits per heavy atom. The van der Waals surface area contributed by atoms with E-state index in [1.807, 2.05) is 0 Å². The van der Waals surface area contributed by atoms with E-state index in [-0.39, 0.29) is 13.2 Å². The highest BCUT2D eigenvalue weighted by molar-refractivity contribution is 7.85. The molecule has 0 aliphatic heterocycles. The van der Waals surface area contributed by atoms with Gasteiger partial charge in [0.2, 0.25) is 0 Å². The van der Waals surface area contributed by atoms with E-state index >= 15 is 0 Å². The topological polar surface area (TPSA) is 117 Å². The molecule has 27 heavy (non-hydrogen) atoms. The first kappa shape index (κ1) is 22.7. The first-order valence-corrected chi connectivity index (χ1v) is 9.87. The van der Waals surface area contributed by atoms with Gasteiger partial charge in [0.05, 0.1) is 13.4 Å². The predicted octanol–water partition coefficient (Wildman–Crippen LogP) is 1.78. The number of hydrogen-bond acceptors (Lipinski definition) is 8. The van der Waals surface area contributed by atoms with E-state index in [1.165, 1.54) is 7.11 Å². The van der Waals surface area contributed by atoms with Crippen molar-refractivity contribution in [2.75, 3.05) is 26.6 Å². The number of ether oxygens (including phenoxy) is 3. The van der Waals surface area contributed by atoms with Crippen LogP contribution in [0.2, 0.25) is 0 Å². The highest BCUT2D eigenvalue weighted by Gasteiger charge is 2.26. The number of amides is 1. The zero-order valence-corrected chi connectivity index (χ0v) is 16.8. The molecule has 0 aromatic heterocycles. The number of benzene rings is 1. The molecule has 0 saturated carbocycles. The summed E-state index contributed by atoms with van der Waals surface area (Å²) in [4.78, 5) is 24.0. The number of rotatable bonds is 8. The fraction of sp³-hybridized carbons (Fsp3) is 0.529. The van der Waals surface area contributed by atoms with E-state index in [4.69, 9.17) is 14.2 Å². The zero-order chi connectivity index (χ0) is 20.7. The van der Waals surface area contributed by atoms with Crippen molar-refractivity contribution in [3.8, 4) is 5.75 Å². The van der Waals surface area contributed by atoms with Crippen LogP contribution < -0.4 is 10.1 Å². The second-order valence-electron chi connectivity index (χ2n) is 6.55. The molecule has 1 aromatic carbocycles. The van der Waals surface area contributed by atoms with Crippen molar-refractivity contribution in [3.63, 3.8) is 0 Å². The molecule has 10 heteroatoms. The molecule has 0 spiro atoms. The molecule has 0 bridgehead atoms. The summed E-state index contributed by atoms with van der Waals surface area (Å²) < 4.78 is 41.5. The monoisotopic (exact) mass is 403 g/mol. The maximum Gasteiger partial charge on any atom is 0.408 e. The van der Waals surface area contributed by atoms with Crippen LogP contribution >= 0.6 is 0 Å². The van der Waals surface area contributed by atoms with Crippen molar-refractivity contribution in [2.24, 2.45) is 0 Å². The highest BCUT2D eigenvalue weighted by atomic mass is 32.2. The smallest absolute Gasteiger partial charge is 0.408 e. The molecule has 0 saturated heterocycles. The molecule has 1 atom stereocenters. The van der Waals surface area contributed by atoms with Gasteiger partial charge in [-0.2, -0.15) is 8.42 Å². The summed E-state index contributed by atoms with van der Waals surface area (Å²) in [5, 5.41) is 2.47. The molecular weight excluding hydrogens is 378 g/mol. The number of hydrogen-bond donors (Lipinski definition) is 1. The van der Waals surface area contributed by atoms with Gasteiger partial charge >= 0.3 is 12.1 Å². The lowest BCUT2D eigenvalue weighted by molar-refractivity contribution is -0.143. The first-order valence-electron chi connectivity index (χ1n) is 8.06. The Labute approximate surface area is 159 Å². The van der Waals surface area contributed by atoms with E-state index in [9.17, 15) is 18.0 Å². The normalized spacial score (nSPS) is 12.8. The summed E-state index contributed by atoms with van der Waals surface area (Å²) in [6.45, 7) is 5.03. The van der Waals surface area contributed by atoms with Gasteiger partial charge in [0.1, 0.15) is 24.6 Å². The van der Waals surface area contributed by atoms with E-state index in [1.54, 1.807) is 45.0 Å². The molecule has 0 aliphatic rings. The lowest BCUT2D eigenvalue weighted by Crippen LogP contribution is -2.38. The number of methoxy groups -OCH3 is 1. The van der Waals surface area contributed by atoms with Gasteiger partial charge in [-0.15, -0.1) is 0 Å². The van der Waals surface area contributed by atoms with E-state index in [0.29, 0.717) is 11.3 Å². The third-order valence-corrected chi connectivity index (χ3v) is 3.56. The largest absolute Gasteiger partial charge is 0.491 e. The summed E-state index contributed by atoms with van der Waals surface area (Å²) in [5.41, 5.74) is -0.247. The second-order valence-corrected chi connectivity index (χ2v) is 8.19. The molecule has 9 nitrogen and oxygen atoms in total. The quantitative estimate of drug-likeness (QED) is 0.396. The molecule has 1 N–H and O–H groups in total. The maximum absolute atomic E-state index is 12.0. The Kier molecular flexibility index (Phi) is 8.04. The predicted molar refractivity (Wildman–Crippen MR) is 96.9 cm³/mol. The number of esters is 1. The fourth-order valence-corrected chi connectivity index (χ4v) is 2.29. The van der Waals surface area contributed by atoms with Crippen molar-refractivity contribution in [3.05, 3.63) is 29.8 Å². The van der Waals surface area contributed by atoms with Gasteiger partial charge in [-0.1, -0.05) is 12.1 Å². The minimum Gasteiger partial charge on any atom is -0.491 e. The minimum atomic E-state index is -3.52. The van der Waals surface area contributed by atoms with Gasteiger partial charge in [-0.25, -0.2) is 9.59 Å². The second kappa shape index (κ2) is 9.56. The molecule has 0 unspecified atom stereocenters. The van der Waals surface area contributed by atoms with Gasteiger partial charge in [-0.3, -0.25) is 4.18 Å². The van der Waals surface area contributed by atoms with Crippen molar-refractivity contribution in [2.45, 2.75) is 32.4 Å². The molecular formula is C17H25NO8S. The van der Waals surface area contributed by atoms with Crippen molar-refractivity contribution in [1.29, 1.82) is 0 Å². The van der Waals surface area contributed by atoms with Crippen molar-refractivity contribution >= 4 is 22.2 Å². The van der Waals surface area contributed by atoms with Gasteiger partial charge in [-0.05, 0) is 38.5 Å². The SMILES string of the molecule is COC(=O)[C@H](NC(=O)OC(C)(C)C)c1ccc(OCCOS(C)(=O)=O)cc1. The van der Waals surface area contributed by atoms with E-state index in [2.05, 4.69) is 9.50 Å². The number of carbonyl (C=O) groups is 2. The Hall–Kier alpha value is -2.33. The van der Waals surface area contributed by atoms with Crippen LogP contribution in [0.5, 0.6) is 5.75 Å². The zero-order valence-electron chi connectivity index (χ0n) is 16.0. The maximum atomic E-state index is 12.0. The standard InChI is InChI=1S/C17H25NO8S/c1-17(2,3)26-16(20)18-14(15(19)23-4)12-6-8-13(9-7-12)24-10-11-25-27(5,21)22/h6-9,14H,10-11H2,1-5H3,(H,18,20)/t14-/m1/s1. The van der Waals surface area contributed by atoms with E-state index in [0.717, 1.165) is 6.26 Å². The van der Waals surface area contributed by atoms with Crippen LogP contribution in [0.25, 0.3) is 0 Å². The fourth-order valence-electron chi connectivity index (χ4n) is 1.92.